The van der Waals surface area contributed by atoms with E-state index in [2.05, 4.69) is 5.32 Å². The fourth-order valence-corrected chi connectivity index (χ4v) is 3.91. The molecule has 1 saturated heterocycles. The molecule has 0 saturated carbocycles. The van der Waals surface area contributed by atoms with Crippen molar-refractivity contribution in [2.75, 3.05) is 40.9 Å². The van der Waals surface area contributed by atoms with Crippen LogP contribution in [0.4, 0.5) is 13.2 Å². The lowest BCUT2D eigenvalue weighted by molar-refractivity contribution is -0.147. The van der Waals surface area contributed by atoms with Gasteiger partial charge in [-0.1, -0.05) is 18.2 Å². The van der Waals surface area contributed by atoms with Crippen molar-refractivity contribution in [3.63, 3.8) is 0 Å². The monoisotopic (exact) mass is 438 g/mol. The molecular formula is C21H25F3N4O3. The normalized spacial score (nSPS) is 22.6. The van der Waals surface area contributed by atoms with Gasteiger partial charge in [-0.3, -0.25) is 15.1 Å². The summed E-state index contributed by atoms with van der Waals surface area (Å²) in [4.78, 5) is 14.7. The molecule has 10 heteroatoms. The molecular weight excluding hydrogens is 413 g/mol. The maximum absolute atomic E-state index is 14.5. The number of halogens is 3. The van der Waals surface area contributed by atoms with Crippen molar-refractivity contribution in [3.8, 4) is 0 Å². The number of benzene rings is 1. The van der Waals surface area contributed by atoms with E-state index in [0.717, 1.165) is 6.07 Å². The van der Waals surface area contributed by atoms with E-state index >= 15 is 0 Å². The predicted octanol–water partition coefficient (Wildman–Crippen LogP) is 2.00. The number of nitrogens with zero attached hydrogens (tertiary/aromatic N) is 3. The molecule has 1 aromatic carbocycles. The second kappa shape index (κ2) is 8.52. The zero-order chi connectivity index (χ0) is 22.3. The quantitative estimate of drug-likeness (QED) is 0.734. The molecule has 168 valence electrons. The van der Waals surface area contributed by atoms with E-state index < -0.39 is 24.0 Å². The third kappa shape index (κ3) is 4.02. The van der Waals surface area contributed by atoms with Gasteiger partial charge < -0.3 is 14.4 Å². The Kier molecular flexibility index (Phi) is 5.96. The first-order valence-electron chi connectivity index (χ1n) is 9.97. The summed E-state index contributed by atoms with van der Waals surface area (Å²) in [5.41, 5.74) is 0.695. The maximum atomic E-state index is 14.5. The van der Waals surface area contributed by atoms with Crippen LogP contribution < -0.4 is 5.32 Å². The number of carbonyl (C=O) groups excluding carboxylic acids is 1. The molecule has 0 radical (unpaired) electrons. The first-order valence-corrected chi connectivity index (χ1v) is 9.97. The van der Waals surface area contributed by atoms with Crippen LogP contribution in [0.2, 0.25) is 0 Å². The van der Waals surface area contributed by atoms with Crippen LogP contribution in [-0.4, -0.2) is 74.0 Å². The second-order valence-corrected chi connectivity index (χ2v) is 7.85. The zero-order valence-electron chi connectivity index (χ0n) is 17.6. The lowest BCUT2D eigenvalue weighted by Crippen LogP contribution is -2.60. The van der Waals surface area contributed by atoms with Crippen LogP contribution in [0.25, 0.3) is 0 Å². The summed E-state index contributed by atoms with van der Waals surface area (Å²) in [7, 11) is 5.19. The van der Waals surface area contributed by atoms with Gasteiger partial charge in [0, 0.05) is 38.8 Å². The van der Waals surface area contributed by atoms with Crippen molar-refractivity contribution in [2.24, 2.45) is 0 Å². The average Bonchev–Trinajstić information content (AvgIpc) is 2.69. The third-order valence-electron chi connectivity index (χ3n) is 5.76. The number of amides is 1. The van der Waals surface area contributed by atoms with E-state index in [-0.39, 0.29) is 24.1 Å². The van der Waals surface area contributed by atoms with Crippen LogP contribution in [0.3, 0.4) is 0 Å². The maximum Gasteiger partial charge on any atom is 0.284 e. The lowest BCUT2D eigenvalue weighted by atomic mass is 10.0. The largest absolute Gasteiger partial charge is 0.488 e. The van der Waals surface area contributed by atoms with Crippen LogP contribution >= 0.6 is 0 Å². The number of rotatable bonds is 6. The van der Waals surface area contributed by atoms with Gasteiger partial charge in [-0.25, -0.2) is 13.2 Å². The molecule has 7 nitrogen and oxygen atoms in total. The van der Waals surface area contributed by atoms with Gasteiger partial charge in [-0.2, -0.15) is 5.01 Å². The highest BCUT2D eigenvalue weighted by Gasteiger charge is 2.39. The highest BCUT2D eigenvalue weighted by atomic mass is 19.3. The van der Waals surface area contributed by atoms with Gasteiger partial charge >= 0.3 is 0 Å². The molecule has 3 aliphatic heterocycles. The number of hydrazine groups is 1. The van der Waals surface area contributed by atoms with Crippen LogP contribution in [-0.2, 0) is 20.8 Å². The minimum Gasteiger partial charge on any atom is -0.488 e. The van der Waals surface area contributed by atoms with Crippen LogP contribution in [0.1, 0.15) is 17.6 Å². The van der Waals surface area contributed by atoms with E-state index in [1.165, 1.54) is 17.1 Å². The van der Waals surface area contributed by atoms with Crippen LogP contribution in [0.15, 0.2) is 41.3 Å². The number of hydrogen-bond donors (Lipinski definition) is 1. The number of alkyl halides is 2. The molecule has 0 bridgehead atoms. The van der Waals surface area contributed by atoms with Crippen LogP contribution in [0.5, 0.6) is 0 Å². The molecule has 1 aromatic rings. The van der Waals surface area contributed by atoms with Gasteiger partial charge in [0.05, 0.1) is 25.3 Å². The minimum absolute atomic E-state index is 0.00439. The topological polar surface area (TPSA) is 57.3 Å². The SMILES string of the molecule is CN1CC(OC2COC2)=CC2=C1C(=O)N(C)N(C)C2NCc1cccc(C(F)F)c1F. The molecule has 31 heavy (non-hydrogen) atoms. The molecule has 0 spiro atoms. The highest BCUT2D eigenvalue weighted by Crippen LogP contribution is 2.31. The molecule has 0 aliphatic carbocycles. The van der Waals surface area contributed by atoms with Gasteiger partial charge in [-0.05, 0) is 6.08 Å². The van der Waals surface area contributed by atoms with E-state index in [1.54, 1.807) is 19.1 Å². The zero-order valence-corrected chi connectivity index (χ0v) is 17.6. The van der Waals surface area contributed by atoms with Gasteiger partial charge in [0.25, 0.3) is 12.3 Å². The van der Waals surface area contributed by atoms with Gasteiger partial charge in [0.15, 0.2) is 0 Å². The summed E-state index contributed by atoms with van der Waals surface area (Å²) < 4.78 is 51.7. The van der Waals surface area contributed by atoms with Gasteiger partial charge in [-0.15, -0.1) is 0 Å². The summed E-state index contributed by atoms with van der Waals surface area (Å²) in [5, 5.41) is 6.37. The fourth-order valence-electron chi connectivity index (χ4n) is 3.91. The summed E-state index contributed by atoms with van der Waals surface area (Å²) in [6.07, 6.45) is -1.57. The Balaban J connectivity index is 1.62. The fraction of sp³-hybridized carbons (Fsp3) is 0.476. The first-order chi connectivity index (χ1) is 14.8. The van der Waals surface area contributed by atoms with E-state index in [9.17, 15) is 18.0 Å². The average molecular weight is 438 g/mol. The number of ether oxygens (including phenoxy) is 2. The molecule has 1 atom stereocenters. The summed E-state index contributed by atoms with van der Waals surface area (Å²) >= 11 is 0. The molecule has 1 unspecified atom stereocenters. The minimum atomic E-state index is -2.89. The van der Waals surface area contributed by atoms with E-state index in [0.29, 0.717) is 36.8 Å². The van der Waals surface area contributed by atoms with Gasteiger partial charge in [0.2, 0.25) is 0 Å². The highest BCUT2D eigenvalue weighted by molar-refractivity contribution is 5.95. The van der Waals surface area contributed by atoms with Gasteiger partial charge in [0.1, 0.15) is 29.5 Å². The van der Waals surface area contributed by atoms with Crippen molar-refractivity contribution in [1.29, 1.82) is 0 Å². The third-order valence-corrected chi connectivity index (χ3v) is 5.76. The molecule has 3 heterocycles. The Labute approximate surface area is 178 Å². The Morgan fingerprint density at radius 3 is 2.65 bits per heavy atom. The van der Waals surface area contributed by atoms with Crippen molar-refractivity contribution >= 4 is 5.91 Å². The van der Waals surface area contributed by atoms with E-state index in [1.807, 2.05) is 18.0 Å². The lowest BCUT2D eigenvalue weighted by Gasteiger charge is -2.45. The molecule has 0 aromatic heterocycles. The summed E-state index contributed by atoms with van der Waals surface area (Å²) in [5.74, 6) is -0.392. The Bertz CT molecular complexity index is 932. The molecule has 4 rings (SSSR count). The molecule has 1 fully saturated rings. The number of carbonyl (C=O) groups is 1. The van der Waals surface area contributed by atoms with Crippen molar-refractivity contribution in [3.05, 3.63) is 58.2 Å². The van der Waals surface area contributed by atoms with Crippen molar-refractivity contribution in [2.45, 2.75) is 25.2 Å². The summed E-state index contributed by atoms with van der Waals surface area (Å²) in [6.45, 7) is 1.49. The van der Waals surface area contributed by atoms with Crippen molar-refractivity contribution < 1.29 is 27.4 Å². The predicted molar refractivity (Wildman–Crippen MR) is 106 cm³/mol. The Morgan fingerprint density at radius 2 is 2.00 bits per heavy atom. The Morgan fingerprint density at radius 1 is 1.26 bits per heavy atom. The summed E-state index contributed by atoms with van der Waals surface area (Å²) in [6, 6.07) is 3.96. The van der Waals surface area contributed by atoms with E-state index in [4.69, 9.17) is 9.47 Å². The first kappa shape index (κ1) is 21.7. The smallest absolute Gasteiger partial charge is 0.284 e. The Hall–Kier alpha value is -2.56. The van der Waals surface area contributed by atoms with Crippen molar-refractivity contribution in [1.82, 2.24) is 20.2 Å². The number of hydrogen-bond acceptors (Lipinski definition) is 6. The molecule has 1 N–H and O–H groups in total. The van der Waals surface area contributed by atoms with Crippen LogP contribution in [0, 0.1) is 5.82 Å². The molecule has 1 amide bonds. The molecule has 3 aliphatic rings. The standard InChI is InChI=1S/C21H25F3N4O3/c1-26-9-13(31-14-10-30-11-14)7-16-18(26)21(29)28(3)27(2)20(16)25-8-12-5-4-6-15(17(12)22)19(23)24/h4-7,14,19-20,25H,8-11H2,1-3H3. The number of nitrogens with one attached hydrogen (secondary N) is 1. The number of likely N-dealkylation sites (N-methyl/N-ethyl adjacent to an activating group) is 3. The second-order valence-electron chi connectivity index (χ2n) is 7.85.